The lowest BCUT2D eigenvalue weighted by molar-refractivity contribution is 0.101. The Morgan fingerprint density at radius 2 is 2.06 bits per heavy atom. The van der Waals surface area contributed by atoms with Crippen LogP contribution in [0.2, 0.25) is 0 Å². The minimum atomic E-state index is -0.499. The van der Waals surface area contributed by atoms with Crippen LogP contribution in [-0.2, 0) is 10.2 Å². The third-order valence-corrected chi connectivity index (χ3v) is 3.55. The van der Waals surface area contributed by atoms with E-state index in [0.29, 0.717) is 22.9 Å². The zero-order valence-electron chi connectivity index (χ0n) is 11.2. The Morgan fingerprint density at radius 1 is 1.44 bits per heavy atom. The normalized spacial score (nSPS) is 11.1. The van der Waals surface area contributed by atoms with E-state index < -0.39 is 5.41 Å². The molecule has 0 aliphatic heterocycles. The van der Waals surface area contributed by atoms with Gasteiger partial charge in [0.25, 0.3) is 0 Å². The highest BCUT2D eigenvalue weighted by molar-refractivity contribution is 7.80. The molecule has 0 aromatic heterocycles. The molecule has 0 atom stereocenters. The maximum atomic E-state index is 11.4. The molecule has 4 heteroatoms. The summed E-state index contributed by atoms with van der Waals surface area (Å²) in [6, 6.07) is 5.26. The van der Waals surface area contributed by atoms with E-state index in [2.05, 4.69) is 0 Å². The first-order chi connectivity index (χ1) is 8.30. The van der Waals surface area contributed by atoms with E-state index in [-0.39, 0.29) is 5.78 Å². The van der Waals surface area contributed by atoms with E-state index in [0.717, 1.165) is 5.56 Å². The molecular formula is C14H19NO2S. The molecule has 3 nitrogen and oxygen atoms in total. The van der Waals surface area contributed by atoms with Gasteiger partial charge in [-0.1, -0.05) is 0 Å². The number of carbonyl (C=O) groups excluding carboxylic acids is 1. The SMILES string of the molecule is CCOC(=S)C(C)(C)c1cc(C(C)=O)ccc1N. The van der Waals surface area contributed by atoms with Crippen molar-refractivity contribution in [3.05, 3.63) is 29.3 Å². The van der Waals surface area contributed by atoms with Crippen LogP contribution in [0.15, 0.2) is 18.2 Å². The fraction of sp³-hybridized carbons (Fsp3) is 0.429. The summed E-state index contributed by atoms with van der Waals surface area (Å²) in [6.07, 6.45) is 0. The highest BCUT2D eigenvalue weighted by Crippen LogP contribution is 2.31. The molecule has 0 radical (unpaired) electrons. The summed E-state index contributed by atoms with van der Waals surface area (Å²) in [6.45, 7) is 7.83. The second kappa shape index (κ2) is 5.48. The molecule has 0 aliphatic rings. The minimum absolute atomic E-state index is 0.00868. The molecule has 0 unspecified atom stereocenters. The molecule has 0 heterocycles. The van der Waals surface area contributed by atoms with Crippen LogP contribution in [0.25, 0.3) is 0 Å². The Hall–Kier alpha value is -1.42. The van der Waals surface area contributed by atoms with E-state index in [9.17, 15) is 4.79 Å². The monoisotopic (exact) mass is 265 g/mol. The van der Waals surface area contributed by atoms with Gasteiger partial charge >= 0.3 is 0 Å². The number of hydrogen-bond acceptors (Lipinski definition) is 4. The van der Waals surface area contributed by atoms with Gasteiger partial charge in [0.15, 0.2) is 10.8 Å². The number of ketones is 1. The molecule has 1 rings (SSSR count). The average Bonchev–Trinajstić information content (AvgIpc) is 2.29. The largest absolute Gasteiger partial charge is 0.486 e. The second-order valence-corrected chi connectivity index (χ2v) is 5.07. The van der Waals surface area contributed by atoms with Gasteiger partial charge in [0.2, 0.25) is 0 Å². The number of hydrogen-bond donors (Lipinski definition) is 1. The summed E-state index contributed by atoms with van der Waals surface area (Å²) in [5.41, 5.74) is 7.56. The fourth-order valence-corrected chi connectivity index (χ4v) is 1.97. The van der Waals surface area contributed by atoms with Gasteiger partial charge in [0.05, 0.1) is 12.0 Å². The number of anilines is 1. The minimum Gasteiger partial charge on any atom is -0.486 e. The Kier molecular flexibility index (Phi) is 4.46. The first-order valence-electron chi connectivity index (χ1n) is 5.88. The molecule has 98 valence electrons. The van der Waals surface area contributed by atoms with Crippen molar-refractivity contribution in [3.63, 3.8) is 0 Å². The lowest BCUT2D eigenvalue weighted by atomic mass is 9.83. The maximum absolute atomic E-state index is 11.4. The van der Waals surface area contributed by atoms with Crippen molar-refractivity contribution >= 4 is 28.7 Å². The molecule has 0 bridgehead atoms. The van der Waals surface area contributed by atoms with Crippen molar-refractivity contribution in [2.24, 2.45) is 0 Å². The number of benzene rings is 1. The fourth-order valence-electron chi connectivity index (χ4n) is 1.74. The molecule has 1 aromatic carbocycles. The van der Waals surface area contributed by atoms with Crippen LogP contribution in [0.4, 0.5) is 5.69 Å². The zero-order chi connectivity index (χ0) is 13.9. The van der Waals surface area contributed by atoms with Crippen LogP contribution in [0.5, 0.6) is 0 Å². The molecule has 0 spiro atoms. The molecule has 0 fully saturated rings. The first kappa shape index (κ1) is 14.6. The number of ether oxygens (including phenoxy) is 1. The van der Waals surface area contributed by atoms with E-state index in [4.69, 9.17) is 22.7 Å². The van der Waals surface area contributed by atoms with Crippen LogP contribution in [0.1, 0.15) is 43.6 Å². The van der Waals surface area contributed by atoms with Crippen molar-refractivity contribution in [2.75, 3.05) is 12.3 Å². The summed E-state index contributed by atoms with van der Waals surface area (Å²) in [5.74, 6) is 0.00868. The van der Waals surface area contributed by atoms with Crippen molar-refractivity contribution in [2.45, 2.75) is 33.1 Å². The predicted molar refractivity (Wildman–Crippen MR) is 78.1 cm³/mol. The van der Waals surface area contributed by atoms with E-state index >= 15 is 0 Å². The summed E-state index contributed by atoms with van der Waals surface area (Å²) < 4.78 is 5.41. The number of rotatable bonds is 4. The lowest BCUT2D eigenvalue weighted by Gasteiger charge is -2.27. The lowest BCUT2D eigenvalue weighted by Crippen LogP contribution is -2.30. The molecule has 0 saturated carbocycles. The summed E-state index contributed by atoms with van der Waals surface area (Å²) in [7, 11) is 0. The summed E-state index contributed by atoms with van der Waals surface area (Å²) in [4.78, 5) is 11.4. The number of thiocarbonyl (C=S) groups is 1. The predicted octanol–water partition coefficient (Wildman–Crippen LogP) is 3.11. The number of nitrogen functional groups attached to an aromatic ring is 1. The van der Waals surface area contributed by atoms with E-state index in [1.54, 1.807) is 18.2 Å². The molecule has 1 aromatic rings. The van der Waals surface area contributed by atoms with Crippen molar-refractivity contribution in [3.8, 4) is 0 Å². The van der Waals surface area contributed by atoms with Crippen LogP contribution in [-0.4, -0.2) is 17.4 Å². The van der Waals surface area contributed by atoms with E-state index in [1.165, 1.54) is 6.92 Å². The molecule has 18 heavy (non-hydrogen) atoms. The van der Waals surface area contributed by atoms with Gasteiger partial charge in [-0.25, -0.2) is 0 Å². The Labute approximate surface area is 113 Å². The quantitative estimate of drug-likeness (QED) is 0.516. The Bertz CT molecular complexity index is 481. The van der Waals surface area contributed by atoms with Crippen LogP contribution in [0, 0.1) is 0 Å². The number of Topliss-reactive ketones (excluding diaryl/α,β-unsaturated/α-hetero) is 1. The molecule has 0 saturated heterocycles. The molecule has 0 amide bonds. The molecular weight excluding hydrogens is 246 g/mol. The first-order valence-corrected chi connectivity index (χ1v) is 6.29. The van der Waals surface area contributed by atoms with Gasteiger partial charge < -0.3 is 10.5 Å². The smallest absolute Gasteiger partial charge is 0.169 e. The average molecular weight is 265 g/mol. The van der Waals surface area contributed by atoms with Crippen molar-refractivity contribution < 1.29 is 9.53 Å². The highest BCUT2D eigenvalue weighted by Gasteiger charge is 2.30. The maximum Gasteiger partial charge on any atom is 0.169 e. The Morgan fingerprint density at radius 3 is 2.56 bits per heavy atom. The van der Waals surface area contributed by atoms with Gasteiger partial charge in [0.1, 0.15) is 0 Å². The van der Waals surface area contributed by atoms with Crippen LogP contribution in [0.3, 0.4) is 0 Å². The molecule has 0 aliphatic carbocycles. The number of carbonyl (C=O) groups is 1. The third-order valence-electron chi connectivity index (χ3n) is 2.92. The van der Waals surface area contributed by atoms with Gasteiger partial charge in [-0.15, -0.1) is 0 Å². The zero-order valence-corrected chi connectivity index (χ0v) is 12.1. The topological polar surface area (TPSA) is 52.3 Å². The van der Waals surface area contributed by atoms with Gasteiger partial charge in [0, 0.05) is 11.3 Å². The third kappa shape index (κ3) is 2.88. The summed E-state index contributed by atoms with van der Waals surface area (Å²) >= 11 is 5.28. The number of nitrogens with two attached hydrogens (primary N) is 1. The summed E-state index contributed by atoms with van der Waals surface area (Å²) in [5, 5.41) is 0.484. The standard InChI is InChI=1S/C14H19NO2S/c1-5-17-13(18)14(3,4)11-8-10(9(2)16)6-7-12(11)15/h6-8H,5,15H2,1-4H3. The van der Waals surface area contributed by atoms with Crippen LogP contribution < -0.4 is 5.73 Å². The highest BCUT2D eigenvalue weighted by atomic mass is 32.1. The van der Waals surface area contributed by atoms with E-state index in [1.807, 2.05) is 20.8 Å². The van der Waals surface area contributed by atoms with Crippen molar-refractivity contribution in [1.82, 2.24) is 0 Å². The second-order valence-electron chi connectivity index (χ2n) is 4.70. The van der Waals surface area contributed by atoms with Gasteiger partial charge in [-0.3, -0.25) is 4.79 Å². The van der Waals surface area contributed by atoms with Crippen molar-refractivity contribution in [1.29, 1.82) is 0 Å². The molecule has 2 N–H and O–H groups in total. The van der Waals surface area contributed by atoms with Gasteiger partial charge in [-0.2, -0.15) is 0 Å². The van der Waals surface area contributed by atoms with Crippen LogP contribution >= 0.6 is 12.2 Å². The van der Waals surface area contributed by atoms with Gasteiger partial charge in [-0.05, 0) is 63.7 Å². The Balaban J connectivity index is 3.26.